The van der Waals surface area contributed by atoms with Gasteiger partial charge in [0.25, 0.3) is 0 Å². The molecule has 1 aromatic carbocycles. The lowest BCUT2D eigenvalue weighted by molar-refractivity contribution is 0.593. The van der Waals surface area contributed by atoms with E-state index in [0.717, 1.165) is 45.5 Å². The van der Waals surface area contributed by atoms with E-state index >= 15 is 0 Å². The van der Waals surface area contributed by atoms with E-state index in [1.165, 1.54) is 0 Å². The second kappa shape index (κ2) is 3.51. The van der Waals surface area contributed by atoms with Gasteiger partial charge in [-0.25, -0.2) is 0 Å². The number of aryl methyl sites for hydroxylation is 2. The van der Waals surface area contributed by atoms with Crippen LogP contribution in [-0.4, -0.2) is 0 Å². The summed E-state index contributed by atoms with van der Waals surface area (Å²) in [5, 5.41) is 11.0. The van der Waals surface area contributed by atoms with Crippen molar-refractivity contribution in [3.63, 3.8) is 0 Å². The van der Waals surface area contributed by atoms with Gasteiger partial charge in [-0.15, -0.1) is 0 Å². The third kappa shape index (κ3) is 1.46. The summed E-state index contributed by atoms with van der Waals surface area (Å²) in [4.78, 5) is 0. The predicted octanol–water partition coefficient (Wildman–Crippen LogP) is 4.45. The molecule has 0 radical (unpaired) electrons. The molecule has 1 heterocycles. The van der Waals surface area contributed by atoms with Gasteiger partial charge in [-0.1, -0.05) is 11.6 Å². The maximum absolute atomic E-state index is 9.15. The zero-order valence-corrected chi connectivity index (χ0v) is 10.6. The summed E-state index contributed by atoms with van der Waals surface area (Å²) in [7, 11) is 0. The van der Waals surface area contributed by atoms with Crippen molar-refractivity contribution < 1.29 is 4.42 Å². The third-order valence-corrected chi connectivity index (χ3v) is 4.04. The number of benzene rings is 1. The highest BCUT2D eigenvalue weighted by atomic mass is 35.5. The number of nitriles is 1. The Morgan fingerprint density at radius 2 is 2.12 bits per heavy atom. The Morgan fingerprint density at radius 1 is 1.41 bits per heavy atom. The van der Waals surface area contributed by atoms with Crippen LogP contribution in [0.2, 0.25) is 5.02 Å². The molecule has 0 bridgehead atoms. The molecule has 2 nitrogen and oxygen atoms in total. The van der Waals surface area contributed by atoms with Crippen LogP contribution in [0.25, 0.3) is 11.0 Å². The number of fused-ring (bicyclic) bond motifs is 1. The van der Waals surface area contributed by atoms with Gasteiger partial charge in [-0.05, 0) is 49.8 Å². The fourth-order valence-corrected chi connectivity index (χ4v) is 2.61. The normalized spacial score (nSPS) is 15.2. The van der Waals surface area contributed by atoms with Gasteiger partial charge in [-0.3, -0.25) is 0 Å². The molecule has 0 saturated heterocycles. The molecule has 1 saturated carbocycles. The monoisotopic (exact) mass is 245 g/mol. The lowest BCUT2D eigenvalue weighted by Gasteiger charge is -2.04. The first-order chi connectivity index (χ1) is 8.13. The Hall–Kier alpha value is -1.46. The Labute approximate surface area is 105 Å². The minimum Gasteiger partial charge on any atom is -0.445 e. The van der Waals surface area contributed by atoms with Crippen LogP contribution in [-0.2, 0) is 0 Å². The number of furan rings is 1. The molecular weight excluding hydrogens is 234 g/mol. The highest BCUT2D eigenvalue weighted by molar-refractivity contribution is 6.33. The van der Waals surface area contributed by atoms with Gasteiger partial charge >= 0.3 is 0 Å². The average molecular weight is 246 g/mol. The fraction of sp³-hybridized carbons (Fsp3) is 0.357. The first kappa shape index (κ1) is 10.7. The molecule has 0 spiro atoms. The van der Waals surface area contributed by atoms with Crippen molar-refractivity contribution in [2.45, 2.75) is 32.6 Å². The molecule has 0 unspecified atom stereocenters. The zero-order valence-electron chi connectivity index (χ0n) is 9.80. The van der Waals surface area contributed by atoms with Crippen LogP contribution in [0.5, 0.6) is 0 Å². The van der Waals surface area contributed by atoms with Crippen LogP contribution < -0.4 is 0 Å². The summed E-state index contributed by atoms with van der Waals surface area (Å²) in [5.41, 5.74) is 3.90. The molecule has 17 heavy (non-hydrogen) atoms. The first-order valence-corrected chi connectivity index (χ1v) is 6.13. The van der Waals surface area contributed by atoms with E-state index in [1.807, 2.05) is 19.9 Å². The van der Waals surface area contributed by atoms with Gasteiger partial charge in [0.2, 0.25) is 5.76 Å². The summed E-state index contributed by atoms with van der Waals surface area (Å²) in [6.07, 6.45) is 2.29. The number of nitrogens with zero attached hydrogens (tertiary/aromatic N) is 1. The SMILES string of the molecule is Cc1cc2oc(C#N)c(C3CC3)c2c(C)c1Cl. The molecular formula is C14H12ClNO. The van der Waals surface area contributed by atoms with E-state index in [-0.39, 0.29) is 0 Å². The summed E-state index contributed by atoms with van der Waals surface area (Å²) < 4.78 is 5.65. The summed E-state index contributed by atoms with van der Waals surface area (Å²) in [6, 6.07) is 4.09. The Balaban J connectivity index is 2.44. The second-order valence-electron chi connectivity index (χ2n) is 4.74. The van der Waals surface area contributed by atoms with Crippen LogP contribution in [0.1, 0.15) is 41.2 Å². The quantitative estimate of drug-likeness (QED) is 0.744. The van der Waals surface area contributed by atoms with Gasteiger partial charge in [0.05, 0.1) is 0 Å². The Bertz CT molecular complexity index is 659. The van der Waals surface area contributed by atoms with Crippen LogP contribution in [0.15, 0.2) is 10.5 Å². The van der Waals surface area contributed by atoms with Crippen molar-refractivity contribution in [2.24, 2.45) is 0 Å². The van der Waals surface area contributed by atoms with Crippen molar-refractivity contribution in [1.29, 1.82) is 5.26 Å². The second-order valence-corrected chi connectivity index (χ2v) is 5.11. The standard InChI is InChI=1S/C14H12ClNO/c1-7-5-10-12(8(2)14(7)15)13(9-3-4-9)11(6-16)17-10/h5,9H,3-4H2,1-2H3. The van der Waals surface area contributed by atoms with E-state index in [1.54, 1.807) is 0 Å². The fourth-order valence-electron chi connectivity index (χ4n) is 2.46. The molecule has 2 aromatic rings. The molecule has 3 heteroatoms. The van der Waals surface area contributed by atoms with E-state index < -0.39 is 0 Å². The Morgan fingerprint density at radius 3 is 2.71 bits per heavy atom. The van der Waals surface area contributed by atoms with Crippen LogP contribution in [0, 0.1) is 25.2 Å². The van der Waals surface area contributed by atoms with Crippen molar-refractivity contribution in [3.05, 3.63) is 33.5 Å². The molecule has 0 N–H and O–H groups in total. The van der Waals surface area contributed by atoms with Gasteiger partial charge < -0.3 is 4.42 Å². The largest absolute Gasteiger partial charge is 0.445 e. The summed E-state index contributed by atoms with van der Waals surface area (Å²) in [5.74, 6) is 0.954. The molecule has 86 valence electrons. The van der Waals surface area contributed by atoms with Gasteiger partial charge in [0.15, 0.2) is 0 Å². The topological polar surface area (TPSA) is 36.9 Å². The van der Waals surface area contributed by atoms with Crippen molar-refractivity contribution in [2.75, 3.05) is 0 Å². The van der Waals surface area contributed by atoms with E-state index in [9.17, 15) is 0 Å². The van der Waals surface area contributed by atoms with Gasteiger partial charge in [0.1, 0.15) is 11.7 Å². The molecule has 1 aliphatic rings. The molecule has 3 rings (SSSR count). The average Bonchev–Trinajstić information content (AvgIpc) is 3.08. The smallest absolute Gasteiger partial charge is 0.208 e. The summed E-state index contributed by atoms with van der Waals surface area (Å²) >= 11 is 6.28. The molecule has 0 amide bonds. The maximum atomic E-state index is 9.15. The van der Waals surface area contributed by atoms with Crippen molar-refractivity contribution in [3.8, 4) is 6.07 Å². The molecule has 1 aromatic heterocycles. The van der Waals surface area contributed by atoms with E-state index in [4.69, 9.17) is 21.3 Å². The van der Waals surface area contributed by atoms with Gasteiger partial charge in [0, 0.05) is 16.0 Å². The number of hydrogen-bond donors (Lipinski definition) is 0. The Kier molecular flexibility index (Phi) is 2.21. The molecule has 0 atom stereocenters. The number of hydrogen-bond acceptors (Lipinski definition) is 2. The zero-order chi connectivity index (χ0) is 12.2. The van der Waals surface area contributed by atoms with Crippen LogP contribution >= 0.6 is 11.6 Å². The van der Waals surface area contributed by atoms with Crippen LogP contribution in [0.4, 0.5) is 0 Å². The van der Waals surface area contributed by atoms with Gasteiger partial charge in [-0.2, -0.15) is 5.26 Å². The van der Waals surface area contributed by atoms with E-state index in [2.05, 4.69) is 6.07 Å². The number of rotatable bonds is 1. The molecule has 1 fully saturated rings. The summed E-state index contributed by atoms with van der Waals surface area (Å²) in [6.45, 7) is 3.96. The van der Waals surface area contributed by atoms with Crippen LogP contribution in [0.3, 0.4) is 0 Å². The highest BCUT2D eigenvalue weighted by Gasteiger charge is 2.32. The highest BCUT2D eigenvalue weighted by Crippen LogP contribution is 2.47. The lowest BCUT2D eigenvalue weighted by Crippen LogP contribution is -1.86. The maximum Gasteiger partial charge on any atom is 0.208 e. The minimum atomic E-state index is 0.465. The van der Waals surface area contributed by atoms with Crippen molar-refractivity contribution in [1.82, 2.24) is 0 Å². The first-order valence-electron chi connectivity index (χ1n) is 5.75. The minimum absolute atomic E-state index is 0.465. The van der Waals surface area contributed by atoms with E-state index in [0.29, 0.717) is 11.7 Å². The predicted molar refractivity (Wildman–Crippen MR) is 67.4 cm³/mol. The van der Waals surface area contributed by atoms with Crippen molar-refractivity contribution >= 4 is 22.6 Å². The molecule has 1 aliphatic carbocycles. The number of halogens is 1. The molecule has 0 aliphatic heterocycles. The lowest BCUT2D eigenvalue weighted by atomic mass is 10.0. The third-order valence-electron chi connectivity index (χ3n) is 3.46.